The molecule has 9 heteroatoms. The van der Waals surface area contributed by atoms with Crippen LogP contribution in [0.15, 0.2) is 24.3 Å². The molecule has 34 heavy (non-hydrogen) atoms. The topological polar surface area (TPSA) is 131 Å². The van der Waals surface area contributed by atoms with Gasteiger partial charge in [-0.15, -0.1) is 0 Å². The van der Waals surface area contributed by atoms with E-state index in [1.165, 1.54) is 4.90 Å². The summed E-state index contributed by atoms with van der Waals surface area (Å²) in [7, 11) is 0. The van der Waals surface area contributed by atoms with Crippen molar-refractivity contribution in [2.45, 2.75) is 98.0 Å². The van der Waals surface area contributed by atoms with Crippen molar-refractivity contribution >= 4 is 23.8 Å². The summed E-state index contributed by atoms with van der Waals surface area (Å²) < 4.78 is 5.28. The lowest BCUT2D eigenvalue weighted by Gasteiger charge is -2.43. The van der Waals surface area contributed by atoms with E-state index in [-0.39, 0.29) is 11.9 Å². The van der Waals surface area contributed by atoms with Crippen LogP contribution in [-0.2, 0) is 19.1 Å². The van der Waals surface area contributed by atoms with E-state index in [1.807, 2.05) is 32.9 Å². The van der Waals surface area contributed by atoms with Crippen LogP contribution in [0.25, 0.3) is 0 Å². The normalized spacial score (nSPS) is 13.6. The third-order valence-corrected chi connectivity index (χ3v) is 4.78. The van der Waals surface area contributed by atoms with Crippen molar-refractivity contribution in [3.05, 3.63) is 35.4 Å². The highest BCUT2D eigenvalue weighted by Crippen LogP contribution is 2.32. The molecule has 0 spiro atoms. The van der Waals surface area contributed by atoms with Crippen LogP contribution < -0.4 is 16.4 Å². The minimum atomic E-state index is -1.31. The van der Waals surface area contributed by atoms with Crippen molar-refractivity contribution < 1.29 is 23.9 Å². The van der Waals surface area contributed by atoms with E-state index < -0.39 is 47.6 Å². The number of nitrogens with zero attached hydrogens (tertiary/aromatic N) is 1. The number of hydrogen-bond donors (Lipinski definition) is 3. The Hall–Kier alpha value is -3.10. The number of carbonyl (C=O) groups is 4. The number of amides is 4. The maximum absolute atomic E-state index is 13.9. The van der Waals surface area contributed by atoms with Gasteiger partial charge in [0.2, 0.25) is 17.7 Å². The Morgan fingerprint density at radius 3 is 2.00 bits per heavy atom. The molecule has 0 fully saturated rings. The lowest BCUT2D eigenvalue weighted by molar-refractivity contribution is -0.149. The smallest absolute Gasteiger partial charge is 0.408 e. The number of nitrogens with one attached hydrogen (secondary N) is 2. The summed E-state index contributed by atoms with van der Waals surface area (Å²) >= 11 is 0. The second-order valence-corrected chi connectivity index (χ2v) is 10.7. The van der Waals surface area contributed by atoms with Gasteiger partial charge in [0.25, 0.3) is 0 Å². The third kappa shape index (κ3) is 8.68. The molecular formula is C25H40N4O5. The van der Waals surface area contributed by atoms with E-state index in [0.717, 1.165) is 5.56 Å². The summed E-state index contributed by atoms with van der Waals surface area (Å²) in [6, 6.07) is 4.80. The van der Waals surface area contributed by atoms with E-state index in [4.69, 9.17) is 10.5 Å². The molecule has 4 amide bonds. The summed E-state index contributed by atoms with van der Waals surface area (Å²) in [5, 5.41) is 5.36. The van der Waals surface area contributed by atoms with Crippen molar-refractivity contribution in [2.24, 2.45) is 5.73 Å². The van der Waals surface area contributed by atoms with Gasteiger partial charge in [-0.3, -0.25) is 14.4 Å². The Morgan fingerprint density at radius 2 is 1.56 bits per heavy atom. The highest BCUT2D eigenvalue weighted by molar-refractivity contribution is 5.95. The molecule has 190 valence electrons. The predicted molar refractivity (Wildman–Crippen MR) is 131 cm³/mol. The van der Waals surface area contributed by atoms with Gasteiger partial charge in [0.05, 0.1) is 6.42 Å². The first-order valence-electron chi connectivity index (χ1n) is 11.4. The van der Waals surface area contributed by atoms with Crippen LogP contribution in [0, 0.1) is 6.92 Å². The second kappa shape index (κ2) is 11.4. The molecule has 2 unspecified atom stereocenters. The fourth-order valence-electron chi connectivity index (χ4n) is 3.52. The highest BCUT2D eigenvalue weighted by atomic mass is 16.6. The van der Waals surface area contributed by atoms with E-state index >= 15 is 0 Å². The minimum absolute atomic E-state index is 0.169. The monoisotopic (exact) mass is 476 g/mol. The third-order valence-electron chi connectivity index (χ3n) is 4.78. The molecule has 0 saturated heterocycles. The van der Waals surface area contributed by atoms with Gasteiger partial charge >= 0.3 is 6.09 Å². The zero-order valence-corrected chi connectivity index (χ0v) is 21.8. The lowest BCUT2D eigenvalue weighted by Crippen LogP contribution is -2.59. The fraction of sp³-hybridized carbons (Fsp3) is 0.600. The van der Waals surface area contributed by atoms with Gasteiger partial charge in [0.15, 0.2) is 0 Å². The van der Waals surface area contributed by atoms with Crippen molar-refractivity contribution in [3.8, 4) is 0 Å². The molecule has 4 N–H and O–H groups in total. The summed E-state index contributed by atoms with van der Waals surface area (Å²) in [4.78, 5) is 53.0. The van der Waals surface area contributed by atoms with Gasteiger partial charge in [-0.25, -0.2) is 4.79 Å². The van der Waals surface area contributed by atoms with Crippen LogP contribution in [-0.4, -0.2) is 51.9 Å². The Labute approximate surface area is 202 Å². The predicted octanol–water partition coefficient (Wildman–Crippen LogP) is 2.96. The first-order chi connectivity index (χ1) is 15.4. The average Bonchev–Trinajstić information content (AvgIpc) is 2.62. The number of nitrogens with two attached hydrogens (primary N) is 1. The minimum Gasteiger partial charge on any atom is -0.444 e. The second-order valence-electron chi connectivity index (χ2n) is 10.7. The van der Waals surface area contributed by atoms with Crippen LogP contribution >= 0.6 is 0 Å². The molecule has 0 aromatic heterocycles. The molecular weight excluding hydrogens is 436 g/mol. The van der Waals surface area contributed by atoms with Crippen molar-refractivity contribution in [3.63, 3.8) is 0 Å². The van der Waals surface area contributed by atoms with E-state index in [1.54, 1.807) is 53.7 Å². The van der Waals surface area contributed by atoms with Crippen molar-refractivity contribution in [1.29, 1.82) is 0 Å². The standard InChI is InChI=1S/C25H40N4O5/c1-15(2)27-21(31)20(17-13-11-10-12-16(17)3)29(24(4,5)6)22(32)18(14-19(26)30)28-23(33)34-25(7,8)9/h10-13,15,18,20H,14H2,1-9H3,(H2,26,30)(H,27,31)(H,28,33). The lowest BCUT2D eigenvalue weighted by atomic mass is 9.92. The molecule has 0 aliphatic heterocycles. The molecule has 9 nitrogen and oxygen atoms in total. The molecule has 0 aliphatic carbocycles. The molecule has 0 heterocycles. The number of primary amides is 1. The number of ether oxygens (including phenoxy) is 1. The quantitative estimate of drug-likeness (QED) is 0.531. The van der Waals surface area contributed by atoms with Gasteiger partial charge in [0, 0.05) is 11.6 Å². The van der Waals surface area contributed by atoms with E-state index in [9.17, 15) is 19.2 Å². The molecule has 2 atom stereocenters. The highest BCUT2D eigenvalue weighted by Gasteiger charge is 2.42. The van der Waals surface area contributed by atoms with Crippen molar-refractivity contribution in [1.82, 2.24) is 15.5 Å². The van der Waals surface area contributed by atoms with Gasteiger partial charge in [-0.05, 0) is 73.4 Å². The molecule has 1 rings (SSSR count). The zero-order valence-electron chi connectivity index (χ0n) is 21.8. The number of rotatable bonds is 8. The van der Waals surface area contributed by atoms with Gasteiger partial charge in [-0.1, -0.05) is 24.3 Å². The van der Waals surface area contributed by atoms with Gasteiger partial charge in [-0.2, -0.15) is 0 Å². The zero-order chi connectivity index (χ0) is 26.4. The molecule has 0 radical (unpaired) electrons. The largest absolute Gasteiger partial charge is 0.444 e. The Balaban J connectivity index is 3.59. The molecule has 0 saturated carbocycles. The summed E-state index contributed by atoms with van der Waals surface area (Å²) in [6.07, 6.45) is -1.31. The molecule has 1 aromatic carbocycles. The first kappa shape index (κ1) is 28.9. The van der Waals surface area contributed by atoms with E-state index in [0.29, 0.717) is 5.56 Å². The van der Waals surface area contributed by atoms with Crippen LogP contribution in [0.1, 0.15) is 79.0 Å². The van der Waals surface area contributed by atoms with Crippen molar-refractivity contribution in [2.75, 3.05) is 0 Å². The first-order valence-corrected chi connectivity index (χ1v) is 11.4. The fourth-order valence-corrected chi connectivity index (χ4v) is 3.52. The number of alkyl carbamates (subject to hydrolysis) is 1. The van der Waals surface area contributed by atoms with Crippen LogP contribution in [0.2, 0.25) is 0 Å². The van der Waals surface area contributed by atoms with Crippen LogP contribution in [0.5, 0.6) is 0 Å². The van der Waals surface area contributed by atoms with E-state index in [2.05, 4.69) is 10.6 Å². The number of hydrogen-bond acceptors (Lipinski definition) is 5. The molecule has 1 aromatic rings. The Kier molecular flexibility index (Phi) is 9.66. The summed E-state index contributed by atoms with van der Waals surface area (Å²) in [5.41, 5.74) is 5.19. The van der Waals surface area contributed by atoms with Gasteiger partial charge in [0.1, 0.15) is 17.7 Å². The maximum Gasteiger partial charge on any atom is 0.408 e. The van der Waals surface area contributed by atoms with Crippen LogP contribution in [0.4, 0.5) is 4.79 Å². The van der Waals surface area contributed by atoms with Crippen LogP contribution in [0.3, 0.4) is 0 Å². The summed E-state index contributed by atoms with van der Waals surface area (Å²) in [5.74, 6) is -1.77. The maximum atomic E-state index is 13.9. The number of aryl methyl sites for hydroxylation is 1. The SMILES string of the molecule is Cc1ccccc1C(C(=O)NC(C)C)N(C(=O)C(CC(N)=O)NC(=O)OC(C)(C)C)C(C)(C)C. The number of benzene rings is 1. The molecule has 0 bridgehead atoms. The number of carbonyl (C=O) groups excluding carboxylic acids is 4. The Bertz CT molecular complexity index is 899. The molecule has 0 aliphatic rings. The van der Waals surface area contributed by atoms with Gasteiger partial charge < -0.3 is 26.0 Å². The average molecular weight is 477 g/mol. The summed E-state index contributed by atoms with van der Waals surface area (Å²) in [6.45, 7) is 15.9. The Morgan fingerprint density at radius 1 is 1.00 bits per heavy atom.